The maximum Gasteiger partial charge on any atom is 0.247 e. The summed E-state index contributed by atoms with van der Waals surface area (Å²) >= 11 is 1.43. The van der Waals surface area contributed by atoms with Gasteiger partial charge in [-0.15, -0.1) is 10.2 Å². The minimum Gasteiger partial charge on any atom is -0.496 e. The van der Waals surface area contributed by atoms with Gasteiger partial charge in [0.1, 0.15) is 5.75 Å². The lowest BCUT2D eigenvalue weighted by Gasteiger charge is -2.21. The maximum atomic E-state index is 6.37. The number of hydrogen-bond acceptors (Lipinski definition) is 7. The first-order chi connectivity index (χ1) is 14.3. The van der Waals surface area contributed by atoms with Crippen molar-refractivity contribution in [2.45, 2.75) is 11.4 Å². The van der Waals surface area contributed by atoms with Gasteiger partial charge in [0.2, 0.25) is 11.0 Å². The molecule has 0 amide bonds. The van der Waals surface area contributed by atoms with Gasteiger partial charge in [-0.2, -0.15) is 4.98 Å². The van der Waals surface area contributed by atoms with E-state index in [1.807, 2.05) is 60.9 Å². The number of benzene rings is 3. The van der Waals surface area contributed by atoms with Crippen molar-refractivity contribution in [3.63, 3.8) is 0 Å². The van der Waals surface area contributed by atoms with Crippen molar-refractivity contribution in [1.29, 1.82) is 0 Å². The second-order valence-electron chi connectivity index (χ2n) is 6.54. The molecular formula is C22H18N4O2S. The highest BCUT2D eigenvalue weighted by Crippen LogP contribution is 2.41. The summed E-state index contributed by atoms with van der Waals surface area (Å²) in [5, 5.41) is 14.8. The lowest BCUT2D eigenvalue weighted by atomic mass is 10.0. The molecule has 7 heteroatoms. The predicted octanol–water partition coefficient (Wildman–Crippen LogP) is 4.93. The van der Waals surface area contributed by atoms with Crippen LogP contribution in [0.5, 0.6) is 11.6 Å². The van der Waals surface area contributed by atoms with Crippen molar-refractivity contribution in [2.24, 2.45) is 0 Å². The average molecular weight is 402 g/mol. The zero-order chi connectivity index (χ0) is 19.8. The summed E-state index contributed by atoms with van der Waals surface area (Å²) in [6.45, 7) is 0. The van der Waals surface area contributed by atoms with Crippen molar-refractivity contribution in [3.8, 4) is 22.9 Å². The number of ether oxygens (including phenoxy) is 2. The molecule has 0 bridgehead atoms. The third-order valence-corrected chi connectivity index (χ3v) is 5.47. The number of hydrogen-bond donors (Lipinski definition) is 1. The molecule has 6 nitrogen and oxygen atoms in total. The Labute approximate surface area is 172 Å². The van der Waals surface area contributed by atoms with Crippen LogP contribution in [0.2, 0.25) is 0 Å². The molecular weight excluding hydrogens is 384 g/mol. The summed E-state index contributed by atoms with van der Waals surface area (Å²) in [4.78, 5) is 4.58. The Balaban J connectivity index is 1.71. The van der Waals surface area contributed by atoms with Crippen LogP contribution >= 0.6 is 11.8 Å². The molecule has 144 valence electrons. The molecule has 0 spiro atoms. The van der Waals surface area contributed by atoms with Crippen molar-refractivity contribution in [2.75, 3.05) is 18.7 Å². The van der Waals surface area contributed by atoms with Gasteiger partial charge in [-0.1, -0.05) is 54.2 Å². The van der Waals surface area contributed by atoms with Crippen LogP contribution in [-0.4, -0.2) is 28.5 Å². The number of nitrogens with zero attached hydrogens (tertiary/aromatic N) is 3. The summed E-state index contributed by atoms with van der Waals surface area (Å²) in [5.74, 6) is 1.29. The lowest BCUT2D eigenvalue weighted by molar-refractivity contribution is 0.226. The van der Waals surface area contributed by atoms with Gasteiger partial charge >= 0.3 is 0 Å². The normalized spacial score (nSPS) is 14.9. The fourth-order valence-electron chi connectivity index (χ4n) is 3.58. The van der Waals surface area contributed by atoms with Gasteiger partial charge in [-0.25, -0.2) is 0 Å². The molecule has 0 radical (unpaired) electrons. The van der Waals surface area contributed by atoms with Crippen molar-refractivity contribution >= 4 is 28.2 Å². The minimum absolute atomic E-state index is 0.445. The summed E-state index contributed by atoms with van der Waals surface area (Å²) < 4.78 is 11.9. The number of para-hydroxylation sites is 1. The van der Waals surface area contributed by atoms with Crippen LogP contribution in [0.25, 0.3) is 22.0 Å². The number of thioether (sulfide) groups is 1. The van der Waals surface area contributed by atoms with E-state index in [0.717, 1.165) is 33.3 Å². The Hall–Kier alpha value is -3.32. The van der Waals surface area contributed by atoms with E-state index < -0.39 is 6.23 Å². The number of anilines is 1. The second-order valence-corrected chi connectivity index (χ2v) is 7.32. The van der Waals surface area contributed by atoms with Crippen molar-refractivity contribution in [1.82, 2.24) is 15.2 Å². The summed E-state index contributed by atoms with van der Waals surface area (Å²) in [5.41, 5.74) is 3.46. The molecule has 0 unspecified atom stereocenters. The zero-order valence-electron chi connectivity index (χ0n) is 15.9. The summed E-state index contributed by atoms with van der Waals surface area (Å²) in [7, 11) is 1.68. The highest BCUT2D eigenvalue weighted by Gasteiger charge is 2.27. The molecule has 1 N–H and O–H groups in total. The number of methoxy groups -OCH3 is 1. The zero-order valence-corrected chi connectivity index (χ0v) is 16.7. The smallest absolute Gasteiger partial charge is 0.247 e. The van der Waals surface area contributed by atoms with Gasteiger partial charge in [-0.3, -0.25) is 0 Å². The minimum atomic E-state index is -0.445. The van der Waals surface area contributed by atoms with Crippen LogP contribution in [-0.2, 0) is 0 Å². The molecule has 0 fully saturated rings. The van der Waals surface area contributed by atoms with E-state index in [2.05, 4.69) is 26.6 Å². The highest BCUT2D eigenvalue weighted by atomic mass is 32.2. The number of fused-ring (bicyclic) bond motifs is 4. The van der Waals surface area contributed by atoms with E-state index in [1.54, 1.807) is 7.11 Å². The second kappa shape index (κ2) is 7.25. The van der Waals surface area contributed by atoms with Gasteiger partial charge in [0.25, 0.3) is 0 Å². The van der Waals surface area contributed by atoms with E-state index in [1.165, 1.54) is 11.8 Å². The van der Waals surface area contributed by atoms with Gasteiger partial charge in [0.15, 0.2) is 11.9 Å². The maximum absolute atomic E-state index is 6.37. The van der Waals surface area contributed by atoms with Gasteiger partial charge in [0.05, 0.1) is 7.11 Å². The van der Waals surface area contributed by atoms with Gasteiger partial charge < -0.3 is 14.8 Å². The molecule has 0 saturated carbocycles. The first kappa shape index (κ1) is 17.8. The Morgan fingerprint density at radius 2 is 1.76 bits per heavy atom. The van der Waals surface area contributed by atoms with Crippen molar-refractivity contribution < 1.29 is 9.47 Å². The topological polar surface area (TPSA) is 69.2 Å². The third kappa shape index (κ3) is 3.03. The van der Waals surface area contributed by atoms with E-state index in [4.69, 9.17) is 9.47 Å². The van der Waals surface area contributed by atoms with E-state index in [0.29, 0.717) is 16.7 Å². The van der Waals surface area contributed by atoms with Gasteiger partial charge in [-0.05, 0) is 29.8 Å². The SMILES string of the molecule is COc1ccc([C@H]2Nc3ccccc3-c3nnc(SC)nc3O2)c2ccccc12. The molecule has 29 heavy (non-hydrogen) atoms. The molecule has 4 aromatic rings. The molecule has 1 aliphatic rings. The van der Waals surface area contributed by atoms with Crippen LogP contribution in [0.1, 0.15) is 11.8 Å². The summed E-state index contributed by atoms with van der Waals surface area (Å²) in [6.07, 6.45) is 1.47. The van der Waals surface area contributed by atoms with Crippen LogP contribution < -0.4 is 14.8 Å². The molecule has 1 aliphatic heterocycles. The quantitative estimate of drug-likeness (QED) is 0.488. The standard InChI is InChI=1S/C22H18N4O2S/c1-27-18-12-11-15(13-7-3-4-8-14(13)18)20-23-17-10-6-5-9-16(17)19-21(28-20)24-22(29-2)26-25-19/h3-12,20,23H,1-2H3/t20-/m0/s1. The molecule has 1 atom stereocenters. The molecule has 3 aromatic carbocycles. The Kier molecular flexibility index (Phi) is 4.44. The largest absolute Gasteiger partial charge is 0.496 e. The van der Waals surface area contributed by atoms with Crippen LogP contribution in [0, 0.1) is 0 Å². The molecule has 2 heterocycles. The molecule has 5 rings (SSSR count). The first-order valence-electron chi connectivity index (χ1n) is 9.15. The van der Waals surface area contributed by atoms with Gasteiger partial charge in [0, 0.05) is 22.2 Å². The molecule has 1 aromatic heterocycles. The Morgan fingerprint density at radius 3 is 2.59 bits per heavy atom. The number of aromatic nitrogens is 3. The Morgan fingerprint density at radius 1 is 0.966 bits per heavy atom. The number of nitrogens with one attached hydrogen (secondary N) is 1. The average Bonchev–Trinajstić information content (AvgIpc) is 2.94. The first-order valence-corrected chi connectivity index (χ1v) is 10.4. The highest BCUT2D eigenvalue weighted by molar-refractivity contribution is 7.98. The van der Waals surface area contributed by atoms with E-state index >= 15 is 0 Å². The fraction of sp³-hybridized carbons (Fsp3) is 0.136. The predicted molar refractivity (Wildman–Crippen MR) is 115 cm³/mol. The van der Waals surface area contributed by atoms with Crippen LogP contribution in [0.3, 0.4) is 0 Å². The number of rotatable bonds is 3. The fourth-order valence-corrected chi connectivity index (χ4v) is 3.87. The Bertz CT molecular complexity index is 1210. The van der Waals surface area contributed by atoms with Crippen LogP contribution in [0.4, 0.5) is 5.69 Å². The molecule has 0 saturated heterocycles. The van der Waals surface area contributed by atoms with Crippen LogP contribution in [0.15, 0.2) is 65.8 Å². The summed E-state index contributed by atoms with van der Waals surface area (Å²) in [6, 6.07) is 20.1. The molecule has 0 aliphatic carbocycles. The third-order valence-electron chi connectivity index (χ3n) is 4.94. The van der Waals surface area contributed by atoms with E-state index in [9.17, 15) is 0 Å². The monoisotopic (exact) mass is 402 g/mol. The lowest BCUT2D eigenvalue weighted by Crippen LogP contribution is -2.17. The van der Waals surface area contributed by atoms with E-state index in [-0.39, 0.29) is 0 Å². The van der Waals surface area contributed by atoms with Crippen molar-refractivity contribution in [3.05, 3.63) is 66.2 Å².